The Hall–Kier alpha value is -1.60. The summed E-state index contributed by atoms with van der Waals surface area (Å²) in [5.41, 5.74) is -0.603. The van der Waals surface area contributed by atoms with Crippen molar-refractivity contribution in [1.29, 1.82) is 5.26 Å². The molecule has 0 aromatic heterocycles. The van der Waals surface area contributed by atoms with E-state index in [1.807, 2.05) is 20.8 Å². The molecule has 0 aliphatic carbocycles. The Balaban J connectivity index is 2.58. The second-order valence-electron chi connectivity index (χ2n) is 4.56. The maximum atomic E-state index is 12.7. The zero-order valence-corrected chi connectivity index (χ0v) is 11.0. The molecule has 0 aliphatic rings. The molecule has 1 aromatic carbocycles. The van der Waals surface area contributed by atoms with Crippen LogP contribution in [0.15, 0.2) is 24.3 Å². The number of benzene rings is 1. The lowest BCUT2D eigenvalue weighted by atomic mass is 9.96. The molecule has 0 spiro atoms. The number of ether oxygens (including phenoxy) is 1. The van der Waals surface area contributed by atoms with Crippen LogP contribution in [0.1, 0.15) is 27.2 Å². The van der Waals surface area contributed by atoms with Crippen molar-refractivity contribution in [3.63, 3.8) is 0 Å². The van der Waals surface area contributed by atoms with Gasteiger partial charge in [0.2, 0.25) is 0 Å². The van der Waals surface area contributed by atoms with Crippen molar-refractivity contribution in [2.45, 2.75) is 38.8 Å². The number of nitrogens with zero attached hydrogens (tertiary/aromatic N) is 1. The van der Waals surface area contributed by atoms with E-state index in [0.29, 0.717) is 12.2 Å². The Morgan fingerprint density at radius 3 is 2.56 bits per heavy atom. The fraction of sp³-hybridized carbons (Fsp3) is 0.500. The van der Waals surface area contributed by atoms with Gasteiger partial charge in [-0.2, -0.15) is 5.26 Å². The first-order valence-corrected chi connectivity index (χ1v) is 6.07. The third-order valence-electron chi connectivity index (χ3n) is 2.66. The Kier molecular flexibility index (Phi) is 5.11. The lowest BCUT2D eigenvalue weighted by molar-refractivity contribution is 0.180. The zero-order valence-electron chi connectivity index (χ0n) is 11.0. The molecule has 0 heterocycles. The van der Waals surface area contributed by atoms with Crippen LogP contribution in [0.4, 0.5) is 4.39 Å². The van der Waals surface area contributed by atoms with E-state index in [1.165, 1.54) is 12.1 Å². The van der Waals surface area contributed by atoms with Gasteiger partial charge in [-0.25, -0.2) is 4.39 Å². The van der Waals surface area contributed by atoms with Gasteiger partial charge in [-0.3, -0.25) is 5.32 Å². The van der Waals surface area contributed by atoms with Gasteiger partial charge >= 0.3 is 0 Å². The largest absolute Gasteiger partial charge is 0.491 e. The summed E-state index contributed by atoms with van der Waals surface area (Å²) in [5.74, 6) is 0.324. The van der Waals surface area contributed by atoms with Crippen LogP contribution in [0.5, 0.6) is 5.75 Å². The van der Waals surface area contributed by atoms with Crippen molar-refractivity contribution in [3.8, 4) is 11.8 Å². The highest BCUT2D eigenvalue weighted by Crippen LogP contribution is 2.18. The van der Waals surface area contributed by atoms with E-state index in [0.717, 1.165) is 6.54 Å². The second-order valence-corrected chi connectivity index (χ2v) is 4.56. The molecule has 0 saturated carbocycles. The lowest BCUT2D eigenvalue weighted by Gasteiger charge is -2.26. The van der Waals surface area contributed by atoms with Crippen LogP contribution >= 0.6 is 0 Å². The van der Waals surface area contributed by atoms with Gasteiger partial charge in [0.15, 0.2) is 0 Å². The summed E-state index contributed by atoms with van der Waals surface area (Å²) in [4.78, 5) is 0. The number of hydrogen-bond acceptors (Lipinski definition) is 3. The van der Waals surface area contributed by atoms with Crippen molar-refractivity contribution in [3.05, 3.63) is 30.1 Å². The molecule has 2 atom stereocenters. The summed E-state index contributed by atoms with van der Waals surface area (Å²) in [5, 5.41) is 12.3. The van der Waals surface area contributed by atoms with Crippen LogP contribution in [0.25, 0.3) is 0 Å². The van der Waals surface area contributed by atoms with Gasteiger partial charge in [0.1, 0.15) is 17.1 Å². The monoisotopic (exact) mass is 250 g/mol. The maximum Gasteiger partial charge on any atom is 0.123 e. The number of nitriles is 1. The maximum absolute atomic E-state index is 12.7. The highest BCUT2D eigenvalue weighted by Gasteiger charge is 2.26. The van der Waals surface area contributed by atoms with Gasteiger partial charge in [0.25, 0.3) is 0 Å². The van der Waals surface area contributed by atoms with E-state index in [4.69, 9.17) is 10.00 Å². The predicted octanol–water partition coefficient (Wildman–Crippen LogP) is 2.87. The van der Waals surface area contributed by atoms with Crippen molar-refractivity contribution in [1.82, 2.24) is 5.32 Å². The molecule has 0 saturated heterocycles. The van der Waals surface area contributed by atoms with E-state index in [9.17, 15) is 4.39 Å². The minimum atomic E-state index is -0.603. The third kappa shape index (κ3) is 4.34. The van der Waals surface area contributed by atoms with Crippen LogP contribution < -0.4 is 10.1 Å². The predicted molar refractivity (Wildman–Crippen MR) is 68.8 cm³/mol. The van der Waals surface area contributed by atoms with E-state index in [-0.39, 0.29) is 11.9 Å². The number of halogens is 1. The van der Waals surface area contributed by atoms with E-state index in [2.05, 4.69) is 11.4 Å². The summed E-state index contributed by atoms with van der Waals surface area (Å²) in [6.45, 7) is 6.44. The SMILES string of the molecule is CCNC(C)(C#N)CC(C)Oc1ccc(F)cc1. The summed E-state index contributed by atoms with van der Waals surface area (Å²) >= 11 is 0. The van der Waals surface area contributed by atoms with Gasteiger partial charge in [0.05, 0.1) is 12.2 Å². The van der Waals surface area contributed by atoms with Crippen molar-refractivity contribution >= 4 is 0 Å². The van der Waals surface area contributed by atoms with Crippen LogP contribution in [-0.2, 0) is 0 Å². The molecule has 0 radical (unpaired) electrons. The van der Waals surface area contributed by atoms with E-state index < -0.39 is 5.54 Å². The molecule has 1 N–H and O–H groups in total. The topological polar surface area (TPSA) is 45.0 Å². The van der Waals surface area contributed by atoms with Crippen LogP contribution in [0, 0.1) is 17.1 Å². The Labute approximate surface area is 108 Å². The van der Waals surface area contributed by atoms with Crippen LogP contribution in [0.2, 0.25) is 0 Å². The number of hydrogen-bond donors (Lipinski definition) is 1. The molecular weight excluding hydrogens is 231 g/mol. The van der Waals surface area contributed by atoms with Gasteiger partial charge in [0, 0.05) is 6.42 Å². The molecule has 18 heavy (non-hydrogen) atoms. The Morgan fingerprint density at radius 1 is 1.44 bits per heavy atom. The average molecular weight is 250 g/mol. The van der Waals surface area contributed by atoms with Gasteiger partial charge in [-0.05, 0) is 44.7 Å². The summed E-state index contributed by atoms with van der Waals surface area (Å²) in [7, 11) is 0. The molecule has 3 nitrogen and oxygen atoms in total. The highest BCUT2D eigenvalue weighted by atomic mass is 19.1. The van der Waals surface area contributed by atoms with Crippen molar-refractivity contribution in [2.24, 2.45) is 0 Å². The summed E-state index contributed by atoms with van der Waals surface area (Å²) < 4.78 is 18.4. The smallest absolute Gasteiger partial charge is 0.123 e. The van der Waals surface area contributed by atoms with Crippen LogP contribution in [0.3, 0.4) is 0 Å². The van der Waals surface area contributed by atoms with Gasteiger partial charge in [-0.1, -0.05) is 6.92 Å². The Morgan fingerprint density at radius 2 is 2.06 bits per heavy atom. The minimum absolute atomic E-state index is 0.126. The second kappa shape index (κ2) is 6.36. The number of nitrogens with one attached hydrogen (secondary N) is 1. The molecule has 98 valence electrons. The molecule has 1 rings (SSSR count). The summed E-state index contributed by atoms with van der Waals surface area (Å²) in [6.07, 6.45) is 0.438. The van der Waals surface area contributed by atoms with E-state index in [1.54, 1.807) is 12.1 Å². The molecule has 4 heteroatoms. The first-order valence-electron chi connectivity index (χ1n) is 6.07. The molecule has 0 aliphatic heterocycles. The summed E-state index contributed by atoms with van der Waals surface area (Å²) in [6, 6.07) is 8.14. The first kappa shape index (κ1) is 14.5. The zero-order chi connectivity index (χ0) is 13.6. The molecule has 0 amide bonds. The van der Waals surface area contributed by atoms with Crippen molar-refractivity contribution in [2.75, 3.05) is 6.54 Å². The molecule has 0 fully saturated rings. The highest BCUT2D eigenvalue weighted by molar-refractivity contribution is 5.22. The number of rotatable bonds is 6. The fourth-order valence-electron chi connectivity index (χ4n) is 1.91. The lowest BCUT2D eigenvalue weighted by Crippen LogP contribution is -2.44. The first-order chi connectivity index (χ1) is 8.49. The third-order valence-corrected chi connectivity index (χ3v) is 2.66. The average Bonchev–Trinajstić information content (AvgIpc) is 2.32. The molecule has 0 bridgehead atoms. The quantitative estimate of drug-likeness (QED) is 0.844. The van der Waals surface area contributed by atoms with Gasteiger partial charge in [-0.15, -0.1) is 0 Å². The fourth-order valence-corrected chi connectivity index (χ4v) is 1.91. The Bertz CT molecular complexity index is 413. The van der Waals surface area contributed by atoms with Crippen LogP contribution in [-0.4, -0.2) is 18.2 Å². The van der Waals surface area contributed by atoms with Crippen molar-refractivity contribution < 1.29 is 9.13 Å². The van der Waals surface area contributed by atoms with E-state index >= 15 is 0 Å². The normalized spacial score (nSPS) is 15.5. The standard InChI is InChI=1S/C14H19FN2O/c1-4-17-14(3,10-16)9-11(2)18-13-7-5-12(15)6-8-13/h5-8,11,17H,4,9H2,1-3H3. The molecule has 2 unspecified atom stereocenters. The minimum Gasteiger partial charge on any atom is -0.491 e. The molecule has 1 aromatic rings. The van der Waals surface area contributed by atoms with Gasteiger partial charge < -0.3 is 4.74 Å². The molecular formula is C14H19FN2O.